The predicted octanol–water partition coefficient (Wildman–Crippen LogP) is 2.43. The fourth-order valence-corrected chi connectivity index (χ4v) is 3.09. The number of hydrogen-bond acceptors (Lipinski definition) is 4. The zero-order chi connectivity index (χ0) is 17.6. The number of aromatic nitrogens is 1. The van der Waals surface area contributed by atoms with Gasteiger partial charge in [0.25, 0.3) is 0 Å². The molecule has 2 aromatic rings. The van der Waals surface area contributed by atoms with Gasteiger partial charge in [0.15, 0.2) is 0 Å². The Bertz CT molecular complexity index is 703. The molecule has 0 aliphatic carbocycles. The van der Waals surface area contributed by atoms with Crippen molar-refractivity contribution >= 4 is 11.7 Å². The second-order valence-electron chi connectivity index (χ2n) is 6.29. The van der Waals surface area contributed by atoms with Crippen LogP contribution in [0.2, 0.25) is 0 Å². The van der Waals surface area contributed by atoms with Crippen molar-refractivity contribution in [1.82, 2.24) is 10.3 Å². The first-order chi connectivity index (χ1) is 12.1. The number of nitrogens with zero attached hydrogens (tertiary/aromatic N) is 2. The van der Waals surface area contributed by atoms with Gasteiger partial charge in [0, 0.05) is 25.3 Å². The van der Waals surface area contributed by atoms with E-state index in [9.17, 15) is 14.3 Å². The van der Waals surface area contributed by atoms with Gasteiger partial charge in [-0.3, -0.25) is 4.79 Å². The van der Waals surface area contributed by atoms with Crippen LogP contribution in [0, 0.1) is 5.82 Å². The summed E-state index contributed by atoms with van der Waals surface area (Å²) in [4.78, 5) is 18.7. The van der Waals surface area contributed by atoms with Crippen molar-refractivity contribution < 1.29 is 14.3 Å². The number of anilines is 1. The van der Waals surface area contributed by atoms with Crippen molar-refractivity contribution in [3.63, 3.8) is 0 Å². The van der Waals surface area contributed by atoms with Crippen LogP contribution in [0.4, 0.5) is 10.2 Å². The van der Waals surface area contributed by atoms with E-state index in [1.165, 1.54) is 18.2 Å². The number of aliphatic hydroxyl groups excluding tert-OH is 1. The van der Waals surface area contributed by atoms with Crippen LogP contribution in [0.3, 0.4) is 0 Å². The van der Waals surface area contributed by atoms with Crippen molar-refractivity contribution in [2.75, 3.05) is 18.0 Å². The first-order valence-corrected chi connectivity index (χ1v) is 8.50. The van der Waals surface area contributed by atoms with Crippen molar-refractivity contribution in [3.8, 4) is 0 Å². The molecule has 1 fully saturated rings. The number of nitrogens with one attached hydrogen (secondary N) is 1. The summed E-state index contributed by atoms with van der Waals surface area (Å²) in [5.74, 6) is 0.320. The summed E-state index contributed by atoms with van der Waals surface area (Å²) in [6.07, 6.45) is 2.38. The number of piperidine rings is 1. The molecule has 132 valence electrons. The number of carbonyl (C=O) groups is 1. The normalized spacial score (nSPS) is 16.5. The summed E-state index contributed by atoms with van der Waals surface area (Å²) in [5.41, 5.74) is 0.417. The Labute approximate surface area is 146 Å². The monoisotopic (exact) mass is 343 g/mol. The van der Waals surface area contributed by atoms with Crippen molar-refractivity contribution in [1.29, 1.82) is 0 Å². The van der Waals surface area contributed by atoms with E-state index in [1.54, 1.807) is 12.3 Å². The molecule has 0 bridgehead atoms. The lowest BCUT2D eigenvalue weighted by atomic mass is 10.0. The Balaban J connectivity index is 1.46. The number of carbonyl (C=O) groups excluding carboxylic acids is 1. The SMILES string of the molecule is O=C(CC(O)c1cccc(F)c1)NC1CCN(c2ccccn2)CC1. The Kier molecular flexibility index (Phi) is 5.60. The molecule has 0 spiro atoms. The molecule has 3 rings (SSSR count). The molecule has 1 atom stereocenters. The quantitative estimate of drug-likeness (QED) is 0.875. The van der Waals surface area contributed by atoms with Gasteiger partial charge in [0.1, 0.15) is 11.6 Å². The third-order valence-electron chi connectivity index (χ3n) is 4.45. The van der Waals surface area contributed by atoms with Gasteiger partial charge in [0.2, 0.25) is 5.91 Å². The molecule has 2 heterocycles. The number of benzene rings is 1. The third kappa shape index (κ3) is 4.76. The van der Waals surface area contributed by atoms with Gasteiger partial charge in [-0.15, -0.1) is 0 Å². The maximum Gasteiger partial charge on any atom is 0.223 e. The summed E-state index contributed by atoms with van der Waals surface area (Å²) < 4.78 is 13.2. The average Bonchev–Trinajstić information content (AvgIpc) is 2.63. The van der Waals surface area contributed by atoms with Gasteiger partial charge in [0.05, 0.1) is 12.5 Å². The zero-order valence-corrected chi connectivity index (χ0v) is 13.9. The van der Waals surface area contributed by atoms with Crippen LogP contribution in [-0.4, -0.2) is 35.1 Å². The molecule has 0 saturated carbocycles. The highest BCUT2D eigenvalue weighted by molar-refractivity contribution is 5.77. The minimum absolute atomic E-state index is 0.0656. The van der Waals surface area contributed by atoms with Gasteiger partial charge < -0.3 is 15.3 Å². The Hall–Kier alpha value is -2.47. The van der Waals surface area contributed by atoms with E-state index in [0.717, 1.165) is 31.7 Å². The van der Waals surface area contributed by atoms with Crippen molar-refractivity contribution in [2.45, 2.75) is 31.4 Å². The van der Waals surface area contributed by atoms with Gasteiger partial charge in [-0.25, -0.2) is 9.37 Å². The van der Waals surface area contributed by atoms with Crippen LogP contribution in [0.25, 0.3) is 0 Å². The van der Waals surface area contributed by atoms with Crippen LogP contribution in [0.15, 0.2) is 48.7 Å². The van der Waals surface area contributed by atoms with E-state index >= 15 is 0 Å². The lowest BCUT2D eigenvalue weighted by molar-refractivity contribution is -0.123. The summed E-state index contributed by atoms with van der Waals surface area (Å²) >= 11 is 0. The van der Waals surface area contributed by atoms with Gasteiger partial charge >= 0.3 is 0 Å². The molecule has 1 aliphatic rings. The maximum absolute atomic E-state index is 13.2. The van der Waals surface area contributed by atoms with Crippen LogP contribution >= 0.6 is 0 Å². The van der Waals surface area contributed by atoms with Crippen LogP contribution in [-0.2, 0) is 4.79 Å². The second-order valence-corrected chi connectivity index (χ2v) is 6.29. The molecule has 0 radical (unpaired) electrons. The Morgan fingerprint density at radius 3 is 2.76 bits per heavy atom. The van der Waals surface area contributed by atoms with Crippen LogP contribution in [0.5, 0.6) is 0 Å². The van der Waals surface area contributed by atoms with E-state index in [4.69, 9.17) is 0 Å². The number of pyridine rings is 1. The topological polar surface area (TPSA) is 65.5 Å². The Morgan fingerprint density at radius 1 is 1.28 bits per heavy atom. The molecule has 1 aliphatic heterocycles. The highest BCUT2D eigenvalue weighted by Gasteiger charge is 2.22. The maximum atomic E-state index is 13.2. The summed E-state index contributed by atoms with van der Waals surface area (Å²) in [7, 11) is 0. The van der Waals surface area contributed by atoms with E-state index < -0.39 is 11.9 Å². The minimum Gasteiger partial charge on any atom is -0.388 e. The molecular formula is C19H22FN3O2. The molecule has 2 N–H and O–H groups in total. The first kappa shape index (κ1) is 17.4. The summed E-state index contributed by atoms with van der Waals surface area (Å²) in [6.45, 7) is 1.66. The van der Waals surface area contributed by atoms with Gasteiger partial charge in [-0.1, -0.05) is 18.2 Å². The molecule has 1 saturated heterocycles. The summed E-state index contributed by atoms with van der Waals surface area (Å²) in [6, 6.07) is 11.6. The highest BCUT2D eigenvalue weighted by Crippen LogP contribution is 2.19. The number of aliphatic hydroxyl groups is 1. The first-order valence-electron chi connectivity index (χ1n) is 8.50. The minimum atomic E-state index is -0.996. The second kappa shape index (κ2) is 8.07. The molecule has 1 aromatic heterocycles. The molecule has 1 unspecified atom stereocenters. The van der Waals surface area contributed by atoms with E-state index in [-0.39, 0.29) is 18.4 Å². The number of hydrogen-bond donors (Lipinski definition) is 2. The lowest BCUT2D eigenvalue weighted by Gasteiger charge is -2.33. The molecule has 5 nitrogen and oxygen atoms in total. The fourth-order valence-electron chi connectivity index (χ4n) is 3.09. The Morgan fingerprint density at radius 2 is 2.08 bits per heavy atom. The lowest BCUT2D eigenvalue weighted by Crippen LogP contribution is -2.45. The summed E-state index contributed by atoms with van der Waals surface area (Å²) in [5, 5.41) is 13.1. The van der Waals surface area contributed by atoms with Gasteiger partial charge in [-0.2, -0.15) is 0 Å². The smallest absolute Gasteiger partial charge is 0.223 e. The standard InChI is InChI=1S/C19H22FN3O2/c20-15-5-3-4-14(12-15)17(24)13-19(25)22-16-7-10-23(11-8-16)18-6-1-2-9-21-18/h1-6,9,12,16-17,24H,7-8,10-11,13H2,(H,22,25). The number of amides is 1. The average molecular weight is 343 g/mol. The van der Waals surface area contributed by atoms with E-state index in [1.807, 2.05) is 18.2 Å². The van der Waals surface area contributed by atoms with E-state index in [2.05, 4.69) is 15.2 Å². The fraction of sp³-hybridized carbons (Fsp3) is 0.368. The molecule has 25 heavy (non-hydrogen) atoms. The zero-order valence-electron chi connectivity index (χ0n) is 13.9. The van der Waals surface area contributed by atoms with E-state index in [0.29, 0.717) is 5.56 Å². The van der Waals surface area contributed by atoms with Gasteiger partial charge in [-0.05, 0) is 42.7 Å². The highest BCUT2D eigenvalue weighted by atomic mass is 19.1. The third-order valence-corrected chi connectivity index (χ3v) is 4.45. The van der Waals surface area contributed by atoms with Crippen LogP contribution < -0.4 is 10.2 Å². The predicted molar refractivity (Wildman–Crippen MR) is 93.6 cm³/mol. The number of halogens is 1. The molecular weight excluding hydrogens is 321 g/mol. The molecule has 1 amide bonds. The number of rotatable bonds is 5. The van der Waals surface area contributed by atoms with Crippen LogP contribution in [0.1, 0.15) is 30.9 Å². The van der Waals surface area contributed by atoms with Crippen molar-refractivity contribution in [3.05, 3.63) is 60.0 Å². The van der Waals surface area contributed by atoms with Crippen molar-refractivity contribution in [2.24, 2.45) is 0 Å². The molecule has 1 aromatic carbocycles. The largest absolute Gasteiger partial charge is 0.388 e. The molecule has 6 heteroatoms.